The number of aromatic amines is 1. The molecule has 108 valence electrons. The standard InChI is InChI=1S/C18H15N3O/c1-21-9-7-13-2-3-14(10-17(13)21)18(22)20-15-5-4-12-6-8-19-16(12)11-15/h2-11,19H,1H3,(H,20,22). The average molecular weight is 289 g/mol. The van der Waals surface area contributed by atoms with Crippen LogP contribution >= 0.6 is 0 Å². The van der Waals surface area contributed by atoms with Crippen LogP contribution in [0.25, 0.3) is 21.8 Å². The highest BCUT2D eigenvalue weighted by molar-refractivity contribution is 6.06. The van der Waals surface area contributed by atoms with Crippen molar-refractivity contribution in [2.24, 2.45) is 7.05 Å². The zero-order valence-corrected chi connectivity index (χ0v) is 12.1. The molecule has 0 aliphatic heterocycles. The number of anilines is 1. The van der Waals surface area contributed by atoms with E-state index in [2.05, 4.69) is 10.3 Å². The molecule has 4 nitrogen and oxygen atoms in total. The molecule has 0 atom stereocenters. The summed E-state index contributed by atoms with van der Waals surface area (Å²) < 4.78 is 2.01. The fourth-order valence-corrected chi connectivity index (χ4v) is 2.73. The summed E-state index contributed by atoms with van der Waals surface area (Å²) in [6.45, 7) is 0. The van der Waals surface area contributed by atoms with E-state index < -0.39 is 0 Å². The van der Waals surface area contributed by atoms with Gasteiger partial charge in [-0.2, -0.15) is 0 Å². The quantitative estimate of drug-likeness (QED) is 0.577. The van der Waals surface area contributed by atoms with Crippen LogP contribution in [0, 0.1) is 0 Å². The first-order chi connectivity index (χ1) is 10.7. The molecule has 4 heteroatoms. The molecule has 0 saturated carbocycles. The molecule has 2 aromatic heterocycles. The second-order valence-corrected chi connectivity index (χ2v) is 5.43. The summed E-state index contributed by atoms with van der Waals surface area (Å²) in [4.78, 5) is 15.6. The molecule has 1 amide bonds. The molecule has 2 heterocycles. The Morgan fingerprint density at radius 3 is 2.82 bits per heavy atom. The minimum Gasteiger partial charge on any atom is -0.361 e. The molecule has 0 saturated heterocycles. The van der Waals surface area contributed by atoms with Gasteiger partial charge in [0.15, 0.2) is 0 Å². The Hall–Kier alpha value is -3.01. The molecular formula is C18H15N3O. The Kier molecular flexibility index (Phi) is 2.76. The molecule has 0 radical (unpaired) electrons. The summed E-state index contributed by atoms with van der Waals surface area (Å²) in [6.07, 6.45) is 3.88. The number of carbonyl (C=O) groups excluding carboxylic acids is 1. The van der Waals surface area contributed by atoms with E-state index in [4.69, 9.17) is 0 Å². The molecule has 0 aliphatic carbocycles. The van der Waals surface area contributed by atoms with E-state index in [1.165, 1.54) is 0 Å². The first-order valence-electron chi connectivity index (χ1n) is 7.14. The lowest BCUT2D eigenvalue weighted by molar-refractivity contribution is 0.102. The molecule has 0 fully saturated rings. The topological polar surface area (TPSA) is 49.8 Å². The molecule has 2 aromatic carbocycles. The molecule has 22 heavy (non-hydrogen) atoms. The SMILES string of the molecule is Cn1ccc2ccc(C(=O)Nc3ccc4cc[nH]c4c3)cc21. The monoisotopic (exact) mass is 289 g/mol. The Balaban J connectivity index is 1.65. The number of nitrogens with zero attached hydrogens (tertiary/aromatic N) is 1. The second-order valence-electron chi connectivity index (χ2n) is 5.43. The van der Waals surface area contributed by atoms with Gasteiger partial charge in [0.1, 0.15) is 0 Å². The van der Waals surface area contributed by atoms with Crippen LogP contribution in [0.3, 0.4) is 0 Å². The van der Waals surface area contributed by atoms with Gasteiger partial charge >= 0.3 is 0 Å². The summed E-state index contributed by atoms with van der Waals surface area (Å²) in [6, 6.07) is 15.6. The first kappa shape index (κ1) is 12.7. The van der Waals surface area contributed by atoms with Gasteiger partial charge in [-0.05, 0) is 47.2 Å². The van der Waals surface area contributed by atoms with Crippen molar-refractivity contribution in [2.75, 3.05) is 5.32 Å². The van der Waals surface area contributed by atoms with Crippen LogP contribution in [0.1, 0.15) is 10.4 Å². The molecular weight excluding hydrogens is 274 g/mol. The van der Waals surface area contributed by atoms with Gasteiger partial charge in [-0.15, -0.1) is 0 Å². The number of rotatable bonds is 2. The Labute approximate surface area is 127 Å². The van der Waals surface area contributed by atoms with Gasteiger partial charge in [-0.1, -0.05) is 12.1 Å². The Morgan fingerprint density at radius 1 is 1.05 bits per heavy atom. The maximum Gasteiger partial charge on any atom is 0.255 e. The number of aryl methyl sites for hydroxylation is 1. The van der Waals surface area contributed by atoms with Crippen molar-refractivity contribution in [1.29, 1.82) is 0 Å². The highest BCUT2D eigenvalue weighted by Gasteiger charge is 2.09. The molecule has 2 N–H and O–H groups in total. The molecule has 0 bridgehead atoms. The summed E-state index contributed by atoms with van der Waals surface area (Å²) in [5.41, 5.74) is 3.50. The molecule has 0 aliphatic rings. The zero-order chi connectivity index (χ0) is 15.1. The van der Waals surface area contributed by atoms with E-state index in [1.807, 2.05) is 72.5 Å². The predicted molar refractivity (Wildman–Crippen MR) is 89.2 cm³/mol. The van der Waals surface area contributed by atoms with Crippen LogP contribution in [0.5, 0.6) is 0 Å². The van der Waals surface area contributed by atoms with E-state index in [1.54, 1.807) is 0 Å². The normalized spacial score (nSPS) is 11.1. The van der Waals surface area contributed by atoms with E-state index in [-0.39, 0.29) is 5.91 Å². The van der Waals surface area contributed by atoms with Crippen molar-refractivity contribution in [2.45, 2.75) is 0 Å². The number of carbonyl (C=O) groups is 1. The lowest BCUT2D eigenvalue weighted by Gasteiger charge is -2.06. The van der Waals surface area contributed by atoms with Gasteiger partial charge in [0.25, 0.3) is 5.91 Å². The number of hydrogen-bond acceptors (Lipinski definition) is 1. The lowest BCUT2D eigenvalue weighted by Crippen LogP contribution is -2.11. The Morgan fingerprint density at radius 2 is 1.91 bits per heavy atom. The molecule has 4 aromatic rings. The number of benzene rings is 2. The van der Waals surface area contributed by atoms with Crippen LogP contribution in [-0.4, -0.2) is 15.5 Å². The fraction of sp³-hybridized carbons (Fsp3) is 0.0556. The fourth-order valence-electron chi connectivity index (χ4n) is 2.73. The van der Waals surface area contributed by atoms with E-state index in [0.29, 0.717) is 5.56 Å². The number of hydrogen-bond donors (Lipinski definition) is 2. The van der Waals surface area contributed by atoms with Crippen molar-refractivity contribution >= 4 is 33.4 Å². The number of amides is 1. The van der Waals surface area contributed by atoms with Crippen molar-refractivity contribution in [3.63, 3.8) is 0 Å². The predicted octanol–water partition coefficient (Wildman–Crippen LogP) is 3.91. The highest BCUT2D eigenvalue weighted by atomic mass is 16.1. The number of fused-ring (bicyclic) bond motifs is 2. The van der Waals surface area contributed by atoms with Crippen LogP contribution in [0.2, 0.25) is 0 Å². The third-order valence-corrected chi connectivity index (χ3v) is 3.96. The van der Waals surface area contributed by atoms with Crippen LogP contribution in [0.4, 0.5) is 5.69 Å². The van der Waals surface area contributed by atoms with Crippen molar-refractivity contribution in [3.05, 3.63) is 66.5 Å². The van der Waals surface area contributed by atoms with Crippen LogP contribution < -0.4 is 5.32 Å². The zero-order valence-electron chi connectivity index (χ0n) is 12.1. The summed E-state index contributed by atoms with van der Waals surface area (Å²) in [7, 11) is 1.98. The van der Waals surface area contributed by atoms with Gasteiger partial charge in [-0.25, -0.2) is 0 Å². The highest BCUT2D eigenvalue weighted by Crippen LogP contribution is 2.20. The van der Waals surface area contributed by atoms with Gasteiger partial charge in [0, 0.05) is 41.7 Å². The lowest BCUT2D eigenvalue weighted by atomic mass is 10.1. The maximum absolute atomic E-state index is 12.4. The second kappa shape index (κ2) is 4.77. The van der Waals surface area contributed by atoms with Gasteiger partial charge in [0.05, 0.1) is 0 Å². The average Bonchev–Trinajstić information content (AvgIpc) is 3.13. The summed E-state index contributed by atoms with van der Waals surface area (Å²) in [5.74, 6) is -0.103. The van der Waals surface area contributed by atoms with Crippen LogP contribution in [-0.2, 0) is 7.05 Å². The number of H-pyrrole nitrogens is 1. The van der Waals surface area contributed by atoms with E-state index in [0.717, 1.165) is 27.5 Å². The van der Waals surface area contributed by atoms with E-state index >= 15 is 0 Å². The smallest absolute Gasteiger partial charge is 0.255 e. The summed E-state index contributed by atoms with van der Waals surface area (Å²) in [5, 5.41) is 5.21. The number of aromatic nitrogens is 2. The minimum atomic E-state index is -0.103. The minimum absolute atomic E-state index is 0.103. The van der Waals surface area contributed by atoms with Gasteiger partial charge in [-0.3, -0.25) is 4.79 Å². The first-order valence-corrected chi connectivity index (χ1v) is 7.14. The molecule has 4 rings (SSSR count). The third-order valence-electron chi connectivity index (χ3n) is 3.96. The van der Waals surface area contributed by atoms with Crippen LogP contribution in [0.15, 0.2) is 60.9 Å². The molecule has 0 unspecified atom stereocenters. The van der Waals surface area contributed by atoms with Crippen molar-refractivity contribution in [1.82, 2.24) is 9.55 Å². The van der Waals surface area contributed by atoms with Crippen molar-refractivity contribution < 1.29 is 4.79 Å². The largest absolute Gasteiger partial charge is 0.361 e. The molecule has 0 spiro atoms. The van der Waals surface area contributed by atoms with Crippen molar-refractivity contribution in [3.8, 4) is 0 Å². The maximum atomic E-state index is 12.4. The number of nitrogens with one attached hydrogen (secondary N) is 2. The van der Waals surface area contributed by atoms with Gasteiger partial charge in [0.2, 0.25) is 0 Å². The van der Waals surface area contributed by atoms with Gasteiger partial charge < -0.3 is 14.9 Å². The van der Waals surface area contributed by atoms with E-state index in [9.17, 15) is 4.79 Å². The Bertz CT molecular complexity index is 994. The third kappa shape index (κ3) is 2.05. The summed E-state index contributed by atoms with van der Waals surface area (Å²) >= 11 is 0.